The molecule has 0 unspecified atom stereocenters. The molecular weight excluding hydrogens is 396 g/mol. The van der Waals surface area contributed by atoms with Crippen LogP contribution in [0.15, 0.2) is 42.9 Å². The van der Waals surface area contributed by atoms with Gasteiger partial charge in [0.1, 0.15) is 5.65 Å². The standard InChI is InChI=1S/C27H32N4O/c1-17(2)25-23-13-20(19-6-9-30(10-7-19)22-15-32-16-22)4-5-24(23)29-26(25)21-12-18(3)27-28-8-11-31(27)14-21/h4-5,8,11-14,17,19,22,29H,6-7,9-10,15-16H2,1-3H3. The number of ether oxygens (including phenoxy) is 1. The van der Waals surface area contributed by atoms with Crippen LogP contribution in [0.3, 0.4) is 0 Å². The van der Waals surface area contributed by atoms with Gasteiger partial charge in [-0.15, -0.1) is 0 Å². The summed E-state index contributed by atoms with van der Waals surface area (Å²) in [6.45, 7) is 11.0. The summed E-state index contributed by atoms with van der Waals surface area (Å²) in [7, 11) is 0. The second-order valence-corrected chi connectivity index (χ2v) is 9.94. The number of nitrogens with one attached hydrogen (secondary N) is 1. The van der Waals surface area contributed by atoms with E-state index in [0.29, 0.717) is 17.9 Å². The summed E-state index contributed by atoms with van der Waals surface area (Å²) in [5.74, 6) is 1.09. The lowest BCUT2D eigenvalue weighted by atomic mass is 9.87. The maximum absolute atomic E-state index is 5.40. The van der Waals surface area contributed by atoms with Gasteiger partial charge in [-0.05, 0) is 79.6 Å². The van der Waals surface area contributed by atoms with Crippen molar-refractivity contribution in [2.45, 2.75) is 51.5 Å². The second kappa shape index (κ2) is 7.75. The summed E-state index contributed by atoms with van der Waals surface area (Å²) in [5, 5.41) is 1.38. The highest BCUT2D eigenvalue weighted by molar-refractivity contribution is 5.92. The van der Waals surface area contributed by atoms with Gasteiger partial charge < -0.3 is 14.1 Å². The van der Waals surface area contributed by atoms with Crippen LogP contribution in [0.2, 0.25) is 0 Å². The van der Waals surface area contributed by atoms with E-state index in [-0.39, 0.29) is 0 Å². The third kappa shape index (κ3) is 3.26. The molecule has 3 aromatic heterocycles. The first kappa shape index (κ1) is 20.0. The van der Waals surface area contributed by atoms with Crippen molar-refractivity contribution in [2.75, 3.05) is 26.3 Å². The number of H-pyrrole nitrogens is 1. The third-order valence-corrected chi connectivity index (χ3v) is 7.54. The largest absolute Gasteiger partial charge is 0.378 e. The lowest BCUT2D eigenvalue weighted by Crippen LogP contribution is -2.51. The highest BCUT2D eigenvalue weighted by atomic mass is 16.5. The number of fused-ring (bicyclic) bond motifs is 2. The maximum Gasteiger partial charge on any atom is 0.139 e. The van der Waals surface area contributed by atoms with Crippen LogP contribution in [0.5, 0.6) is 0 Å². The predicted octanol–water partition coefficient (Wildman–Crippen LogP) is 5.49. The van der Waals surface area contributed by atoms with E-state index in [1.165, 1.54) is 64.8 Å². The first-order chi connectivity index (χ1) is 15.6. The molecule has 2 aliphatic heterocycles. The van der Waals surface area contributed by atoms with Gasteiger partial charge in [-0.3, -0.25) is 4.90 Å². The van der Waals surface area contributed by atoms with Crippen LogP contribution in [0, 0.1) is 6.92 Å². The smallest absolute Gasteiger partial charge is 0.139 e. The Hall–Kier alpha value is -2.63. The summed E-state index contributed by atoms with van der Waals surface area (Å²) in [4.78, 5) is 10.9. The molecule has 1 N–H and O–H groups in total. The molecule has 5 heterocycles. The number of aromatic amines is 1. The Morgan fingerprint density at radius 1 is 1.12 bits per heavy atom. The molecule has 0 aliphatic carbocycles. The highest BCUT2D eigenvalue weighted by Crippen LogP contribution is 2.39. The molecule has 0 atom stereocenters. The van der Waals surface area contributed by atoms with E-state index >= 15 is 0 Å². The summed E-state index contributed by atoms with van der Waals surface area (Å²) in [6.07, 6.45) is 8.59. The fourth-order valence-corrected chi connectivity index (χ4v) is 5.69. The maximum atomic E-state index is 5.40. The minimum atomic E-state index is 0.438. The van der Waals surface area contributed by atoms with E-state index in [2.05, 4.69) is 70.5 Å². The molecule has 5 nitrogen and oxygen atoms in total. The van der Waals surface area contributed by atoms with Crippen LogP contribution in [0.25, 0.3) is 27.8 Å². The minimum Gasteiger partial charge on any atom is -0.378 e. The molecule has 0 amide bonds. The van der Waals surface area contributed by atoms with Crippen molar-refractivity contribution in [1.29, 1.82) is 0 Å². The summed E-state index contributed by atoms with van der Waals surface area (Å²) in [5.41, 5.74) is 8.85. The number of rotatable bonds is 4. The zero-order chi connectivity index (χ0) is 21.8. The number of pyridine rings is 1. The Morgan fingerprint density at radius 3 is 2.66 bits per heavy atom. The van der Waals surface area contributed by atoms with E-state index in [1.807, 2.05) is 12.4 Å². The van der Waals surface area contributed by atoms with E-state index in [0.717, 1.165) is 18.9 Å². The minimum absolute atomic E-state index is 0.438. The van der Waals surface area contributed by atoms with Gasteiger partial charge in [0.05, 0.1) is 24.9 Å². The molecule has 0 saturated carbocycles. The predicted molar refractivity (Wildman–Crippen MR) is 129 cm³/mol. The number of aromatic nitrogens is 3. The van der Waals surface area contributed by atoms with E-state index < -0.39 is 0 Å². The van der Waals surface area contributed by atoms with Crippen molar-refractivity contribution in [1.82, 2.24) is 19.3 Å². The molecule has 1 aromatic carbocycles. The zero-order valence-electron chi connectivity index (χ0n) is 19.3. The number of imidazole rings is 1. The number of nitrogens with zero attached hydrogens (tertiary/aromatic N) is 3. The molecule has 2 fully saturated rings. The number of likely N-dealkylation sites (tertiary alicyclic amines) is 1. The summed E-state index contributed by atoms with van der Waals surface area (Å²) in [6, 6.07) is 10.0. The molecule has 6 rings (SSSR count). The quantitative estimate of drug-likeness (QED) is 0.467. The van der Waals surface area contributed by atoms with Crippen LogP contribution in [0.1, 0.15) is 55.2 Å². The van der Waals surface area contributed by atoms with Crippen LogP contribution in [-0.4, -0.2) is 51.6 Å². The molecule has 166 valence electrons. The fraction of sp³-hybridized carbons (Fsp3) is 0.444. The van der Waals surface area contributed by atoms with Crippen LogP contribution in [-0.2, 0) is 4.74 Å². The van der Waals surface area contributed by atoms with Crippen molar-refractivity contribution in [3.63, 3.8) is 0 Å². The average molecular weight is 429 g/mol. The SMILES string of the molecule is Cc1cc(-c2[nH]c3ccc(C4CCN(C5COC5)CC4)cc3c2C(C)C)cn2ccnc12. The van der Waals surface area contributed by atoms with Gasteiger partial charge in [-0.25, -0.2) is 4.98 Å². The Kier molecular flexibility index (Phi) is 4.85. The molecule has 0 radical (unpaired) electrons. The molecule has 2 saturated heterocycles. The summed E-state index contributed by atoms with van der Waals surface area (Å²) >= 11 is 0. The van der Waals surface area contributed by atoms with Crippen molar-refractivity contribution >= 4 is 16.6 Å². The van der Waals surface area contributed by atoms with Gasteiger partial charge in [0, 0.05) is 35.1 Å². The third-order valence-electron chi connectivity index (χ3n) is 7.54. The molecular formula is C27H32N4O. The first-order valence-corrected chi connectivity index (χ1v) is 12.0. The van der Waals surface area contributed by atoms with E-state index in [4.69, 9.17) is 4.74 Å². The molecule has 0 spiro atoms. The van der Waals surface area contributed by atoms with E-state index in [1.54, 1.807) is 0 Å². The van der Waals surface area contributed by atoms with Crippen LogP contribution >= 0.6 is 0 Å². The molecule has 5 heteroatoms. The zero-order valence-corrected chi connectivity index (χ0v) is 19.3. The molecule has 32 heavy (non-hydrogen) atoms. The number of hydrogen-bond acceptors (Lipinski definition) is 3. The number of benzene rings is 1. The van der Waals surface area contributed by atoms with Gasteiger partial charge in [-0.1, -0.05) is 19.9 Å². The molecule has 4 aromatic rings. The van der Waals surface area contributed by atoms with Crippen LogP contribution < -0.4 is 0 Å². The van der Waals surface area contributed by atoms with Crippen molar-refractivity contribution in [3.8, 4) is 11.3 Å². The molecule has 0 bridgehead atoms. The number of aryl methyl sites for hydroxylation is 1. The lowest BCUT2D eigenvalue weighted by Gasteiger charge is -2.41. The Bertz CT molecular complexity index is 1270. The first-order valence-electron chi connectivity index (χ1n) is 12.0. The normalized spacial score (nSPS) is 18.8. The Morgan fingerprint density at radius 2 is 1.94 bits per heavy atom. The number of hydrogen-bond donors (Lipinski definition) is 1. The van der Waals surface area contributed by atoms with Gasteiger partial charge in [-0.2, -0.15) is 0 Å². The van der Waals surface area contributed by atoms with Crippen molar-refractivity contribution in [3.05, 3.63) is 59.5 Å². The topological polar surface area (TPSA) is 45.6 Å². The average Bonchev–Trinajstić information content (AvgIpc) is 3.37. The number of piperidine rings is 1. The second-order valence-electron chi connectivity index (χ2n) is 9.94. The van der Waals surface area contributed by atoms with Gasteiger partial charge >= 0.3 is 0 Å². The highest BCUT2D eigenvalue weighted by Gasteiger charge is 2.30. The van der Waals surface area contributed by atoms with Crippen molar-refractivity contribution < 1.29 is 4.74 Å². The summed E-state index contributed by atoms with van der Waals surface area (Å²) < 4.78 is 7.53. The Labute approximate surface area is 189 Å². The van der Waals surface area contributed by atoms with Crippen molar-refractivity contribution in [2.24, 2.45) is 0 Å². The fourth-order valence-electron chi connectivity index (χ4n) is 5.69. The van der Waals surface area contributed by atoms with E-state index in [9.17, 15) is 0 Å². The van der Waals surface area contributed by atoms with Crippen LogP contribution in [0.4, 0.5) is 0 Å². The van der Waals surface area contributed by atoms with Gasteiger partial charge in [0.15, 0.2) is 0 Å². The van der Waals surface area contributed by atoms with Gasteiger partial charge in [0.25, 0.3) is 0 Å². The lowest BCUT2D eigenvalue weighted by molar-refractivity contribution is -0.0712. The molecule has 2 aliphatic rings. The Balaban J connectivity index is 1.37. The van der Waals surface area contributed by atoms with Gasteiger partial charge in [0.2, 0.25) is 0 Å². The monoisotopic (exact) mass is 428 g/mol.